The van der Waals surface area contributed by atoms with Gasteiger partial charge in [-0.15, -0.1) is 0 Å². The molecule has 0 radical (unpaired) electrons. The molecule has 1 aliphatic rings. The first kappa shape index (κ1) is 16.4. The van der Waals surface area contributed by atoms with E-state index in [1.54, 1.807) is 0 Å². The molecule has 0 saturated carbocycles. The number of methoxy groups -OCH3 is 1. The van der Waals surface area contributed by atoms with Crippen LogP contribution in [0.3, 0.4) is 0 Å². The molecule has 0 aromatic heterocycles. The van der Waals surface area contributed by atoms with Crippen molar-refractivity contribution in [3.63, 3.8) is 0 Å². The quantitative estimate of drug-likeness (QED) is 0.589. The van der Waals surface area contributed by atoms with Gasteiger partial charge >= 0.3 is 11.9 Å². The largest absolute Gasteiger partial charge is 0.480 e. The SMILES string of the molecule is COC(=O)CCC(NC(=O)C1NCCCC1C)C(=O)O. The normalized spacial score (nSPS) is 23.7. The van der Waals surface area contributed by atoms with Gasteiger partial charge in [-0.2, -0.15) is 0 Å². The van der Waals surface area contributed by atoms with Crippen LogP contribution < -0.4 is 10.6 Å². The van der Waals surface area contributed by atoms with E-state index in [9.17, 15) is 14.4 Å². The van der Waals surface area contributed by atoms with Gasteiger partial charge in [0, 0.05) is 6.42 Å². The third-order valence-electron chi connectivity index (χ3n) is 3.53. The number of nitrogens with one attached hydrogen (secondary N) is 2. The van der Waals surface area contributed by atoms with Crippen molar-refractivity contribution in [2.45, 2.75) is 44.7 Å². The zero-order chi connectivity index (χ0) is 15.1. The monoisotopic (exact) mass is 286 g/mol. The molecule has 1 rings (SSSR count). The van der Waals surface area contributed by atoms with Crippen molar-refractivity contribution in [3.8, 4) is 0 Å². The van der Waals surface area contributed by atoms with Crippen LogP contribution >= 0.6 is 0 Å². The van der Waals surface area contributed by atoms with E-state index in [4.69, 9.17) is 5.11 Å². The van der Waals surface area contributed by atoms with Crippen molar-refractivity contribution in [3.05, 3.63) is 0 Å². The summed E-state index contributed by atoms with van der Waals surface area (Å²) in [6.45, 7) is 2.71. The third-order valence-corrected chi connectivity index (χ3v) is 3.53. The highest BCUT2D eigenvalue weighted by Gasteiger charge is 2.30. The van der Waals surface area contributed by atoms with Crippen molar-refractivity contribution in [2.75, 3.05) is 13.7 Å². The lowest BCUT2D eigenvalue weighted by Crippen LogP contribution is -2.54. The van der Waals surface area contributed by atoms with Gasteiger partial charge in [-0.05, 0) is 31.7 Å². The number of carboxylic acid groups (broad SMARTS) is 1. The minimum Gasteiger partial charge on any atom is -0.480 e. The molecule has 114 valence electrons. The Morgan fingerprint density at radius 3 is 2.70 bits per heavy atom. The number of rotatable bonds is 6. The fourth-order valence-corrected chi connectivity index (χ4v) is 2.28. The number of hydrogen-bond donors (Lipinski definition) is 3. The number of aliphatic carboxylic acids is 1. The Hall–Kier alpha value is -1.63. The predicted molar refractivity (Wildman–Crippen MR) is 71.0 cm³/mol. The van der Waals surface area contributed by atoms with Crippen molar-refractivity contribution in [1.29, 1.82) is 0 Å². The molecule has 3 unspecified atom stereocenters. The molecule has 1 aliphatic heterocycles. The summed E-state index contributed by atoms with van der Waals surface area (Å²) in [4.78, 5) is 34.2. The number of ether oxygens (including phenoxy) is 1. The van der Waals surface area contributed by atoms with E-state index >= 15 is 0 Å². The highest BCUT2D eigenvalue weighted by molar-refractivity contribution is 5.87. The molecule has 3 N–H and O–H groups in total. The predicted octanol–water partition coefficient (Wildman–Crippen LogP) is -0.103. The molecule has 0 aromatic carbocycles. The summed E-state index contributed by atoms with van der Waals surface area (Å²) in [5.74, 6) is -1.80. The van der Waals surface area contributed by atoms with Crippen LogP contribution in [0.25, 0.3) is 0 Å². The van der Waals surface area contributed by atoms with Crippen molar-refractivity contribution >= 4 is 17.8 Å². The standard InChI is InChI=1S/C13H22N2O5/c1-8-4-3-7-14-11(8)12(17)15-9(13(18)19)5-6-10(16)20-2/h8-9,11,14H,3-7H2,1-2H3,(H,15,17)(H,18,19). The Bertz CT molecular complexity index is 372. The first-order valence-corrected chi connectivity index (χ1v) is 6.79. The summed E-state index contributed by atoms with van der Waals surface area (Å²) >= 11 is 0. The highest BCUT2D eigenvalue weighted by Crippen LogP contribution is 2.16. The zero-order valence-corrected chi connectivity index (χ0v) is 11.8. The first-order valence-electron chi connectivity index (χ1n) is 6.79. The van der Waals surface area contributed by atoms with Crippen LogP contribution in [-0.4, -0.2) is 48.7 Å². The summed E-state index contributed by atoms with van der Waals surface area (Å²) in [6, 6.07) is -1.44. The van der Waals surface area contributed by atoms with Crippen LogP contribution in [0.2, 0.25) is 0 Å². The fourth-order valence-electron chi connectivity index (χ4n) is 2.28. The number of hydrogen-bond acceptors (Lipinski definition) is 5. The van der Waals surface area contributed by atoms with Crippen LogP contribution in [0.4, 0.5) is 0 Å². The zero-order valence-electron chi connectivity index (χ0n) is 11.8. The molecule has 0 aliphatic carbocycles. The van der Waals surface area contributed by atoms with Gasteiger partial charge in [0.25, 0.3) is 0 Å². The summed E-state index contributed by atoms with van der Waals surface area (Å²) in [5.41, 5.74) is 0. The number of amides is 1. The summed E-state index contributed by atoms with van der Waals surface area (Å²) in [6.07, 6.45) is 1.93. The van der Waals surface area contributed by atoms with Crippen molar-refractivity contribution in [1.82, 2.24) is 10.6 Å². The van der Waals surface area contributed by atoms with Crippen LogP contribution in [0.5, 0.6) is 0 Å². The molecule has 1 fully saturated rings. The molecular formula is C13H22N2O5. The van der Waals surface area contributed by atoms with Gasteiger partial charge in [-0.25, -0.2) is 4.79 Å². The molecule has 0 aromatic rings. The minimum atomic E-state index is -1.15. The summed E-state index contributed by atoms with van der Waals surface area (Å²) in [5, 5.41) is 14.7. The van der Waals surface area contributed by atoms with Crippen LogP contribution in [0.1, 0.15) is 32.6 Å². The van der Waals surface area contributed by atoms with Gasteiger partial charge in [0.2, 0.25) is 5.91 Å². The van der Waals surface area contributed by atoms with E-state index < -0.39 is 18.0 Å². The van der Waals surface area contributed by atoms with Gasteiger partial charge in [0.1, 0.15) is 6.04 Å². The number of piperidine rings is 1. The molecule has 20 heavy (non-hydrogen) atoms. The smallest absolute Gasteiger partial charge is 0.326 e. The molecule has 7 nitrogen and oxygen atoms in total. The van der Waals surface area contributed by atoms with Crippen LogP contribution in [-0.2, 0) is 19.1 Å². The molecular weight excluding hydrogens is 264 g/mol. The second-order valence-corrected chi connectivity index (χ2v) is 5.07. The lowest BCUT2D eigenvalue weighted by atomic mass is 9.92. The molecule has 1 heterocycles. The lowest BCUT2D eigenvalue weighted by molar-refractivity contribution is -0.144. The maximum atomic E-state index is 12.1. The first-order chi connectivity index (χ1) is 9.45. The van der Waals surface area contributed by atoms with Gasteiger partial charge < -0.3 is 20.5 Å². The van der Waals surface area contributed by atoms with E-state index in [-0.39, 0.29) is 30.7 Å². The van der Waals surface area contributed by atoms with Crippen LogP contribution in [0.15, 0.2) is 0 Å². The van der Waals surface area contributed by atoms with E-state index in [1.165, 1.54) is 7.11 Å². The summed E-state index contributed by atoms with van der Waals surface area (Å²) < 4.78 is 4.46. The number of carbonyl (C=O) groups excluding carboxylic acids is 2. The maximum Gasteiger partial charge on any atom is 0.326 e. The second-order valence-electron chi connectivity index (χ2n) is 5.07. The Labute approximate surface area is 118 Å². The Morgan fingerprint density at radius 2 is 2.15 bits per heavy atom. The third kappa shape index (κ3) is 4.80. The van der Waals surface area contributed by atoms with Gasteiger partial charge in [0.05, 0.1) is 13.2 Å². The Kier molecular flexibility index (Phi) is 6.44. The summed E-state index contributed by atoms with van der Waals surface area (Å²) in [7, 11) is 1.24. The average Bonchev–Trinajstić information content (AvgIpc) is 2.42. The maximum absolute atomic E-state index is 12.1. The second kappa shape index (κ2) is 7.84. The van der Waals surface area contributed by atoms with E-state index in [2.05, 4.69) is 15.4 Å². The minimum absolute atomic E-state index is 0.0227. The molecule has 1 amide bonds. The fraction of sp³-hybridized carbons (Fsp3) is 0.769. The average molecular weight is 286 g/mol. The van der Waals surface area contributed by atoms with Gasteiger partial charge in [-0.1, -0.05) is 6.92 Å². The number of carbonyl (C=O) groups is 3. The van der Waals surface area contributed by atoms with Gasteiger partial charge in [0.15, 0.2) is 0 Å². The number of carboxylic acids is 1. The van der Waals surface area contributed by atoms with Crippen molar-refractivity contribution < 1.29 is 24.2 Å². The lowest BCUT2D eigenvalue weighted by Gasteiger charge is -2.30. The van der Waals surface area contributed by atoms with E-state index in [0.29, 0.717) is 0 Å². The van der Waals surface area contributed by atoms with Gasteiger partial charge in [-0.3, -0.25) is 9.59 Å². The number of esters is 1. The van der Waals surface area contributed by atoms with Crippen molar-refractivity contribution in [2.24, 2.45) is 5.92 Å². The molecule has 0 bridgehead atoms. The van der Waals surface area contributed by atoms with Crippen LogP contribution in [0, 0.1) is 5.92 Å². The molecule has 3 atom stereocenters. The Balaban J connectivity index is 2.53. The van der Waals surface area contributed by atoms with E-state index in [1.807, 2.05) is 6.92 Å². The molecule has 7 heteroatoms. The molecule has 1 saturated heterocycles. The molecule has 0 spiro atoms. The highest BCUT2D eigenvalue weighted by atomic mass is 16.5. The Morgan fingerprint density at radius 1 is 1.45 bits per heavy atom. The topological polar surface area (TPSA) is 105 Å². The van der Waals surface area contributed by atoms with E-state index in [0.717, 1.165) is 19.4 Å².